The van der Waals surface area contributed by atoms with Crippen LogP contribution in [0.4, 0.5) is 0 Å². The SMILES string of the molecule is CC1(C)CC[C@]2(C(=O)OCc3ccccc3)CC[C@]3(C)C(=C(c4cccnc4)CC4[C@@]5(C)CC(C#N)C(=O)C(C)(C)[C@@H]5CC[C@]43C)[C@@H]2C1. The van der Waals surface area contributed by atoms with Crippen molar-refractivity contribution in [2.45, 2.75) is 113 Å². The van der Waals surface area contributed by atoms with Gasteiger partial charge in [0, 0.05) is 17.8 Å². The summed E-state index contributed by atoms with van der Waals surface area (Å²) in [7, 11) is 0. The van der Waals surface area contributed by atoms with Crippen LogP contribution < -0.4 is 0 Å². The van der Waals surface area contributed by atoms with Crippen molar-refractivity contribution in [3.8, 4) is 6.07 Å². The standard InChI is InChI=1S/C43H54N2O3/c1-38(2)17-19-43(37(47)48-27-28-12-9-8-10-13-28)20-18-42(7)35(32(43)24-38)31(29-14-11-21-45-26-29)22-34-40(5)23-30(25-44)36(46)39(3,4)33(40)15-16-41(34,42)6/h8-14,21,26,30,32-34H,15-20,22-24,27H2,1-7H3/t30?,32-,33-,34?,40-,41+,42+,43-/m0/s1. The van der Waals surface area contributed by atoms with Gasteiger partial charge in [0.15, 0.2) is 5.78 Å². The fourth-order valence-corrected chi connectivity index (χ4v) is 12.5. The third kappa shape index (κ3) is 4.64. The Morgan fingerprint density at radius 1 is 0.917 bits per heavy atom. The molecule has 5 nitrogen and oxygen atoms in total. The summed E-state index contributed by atoms with van der Waals surface area (Å²) in [6.07, 6.45) is 12.0. The summed E-state index contributed by atoms with van der Waals surface area (Å²) in [6.45, 7) is 16.8. The van der Waals surface area contributed by atoms with E-state index in [9.17, 15) is 14.9 Å². The van der Waals surface area contributed by atoms with Crippen molar-refractivity contribution in [1.29, 1.82) is 5.26 Å². The van der Waals surface area contributed by atoms with E-state index in [4.69, 9.17) is 4.74 Å². The average molecular weight is 647 g/mol. The van der Waals surface area contributed by atoms with Gasteiger partial charge in [-0.25, -0.2) is 0 Å². The number of ketones is 1. The van der Waals surface area contributed by atoms with Crippen molar-refractivity contribution in [2.24, 2.45) is 56.2 Å². The van der Waals surface area contributed by atoms with E-state index in [0.29, 0.717) is 18.9 Å². The number of nitrogens with zero attached hydrogens (tertiary/aromatic N) is 2. The maximum Gasteiger partial charge on any atom is 0.313 e. The van der Waals surface area contributed by atoms with Crippen LogP contribution in [-0.4, -0.2) is 16.7 Å². The van der Waals surface area contributed by atoms with Crippen LogP contribution >= 0.6 is 0 Å². The first kappa shape index (κ1) is 33.2. The molecule has 7 rings (SSSR count). The van der Waals surface area contributed by atoms with Crippen LogP contribution in [0.3, 0.4) is 0 Å². The molecular formula is C43H54N2O3. The minimum absolute atomic E-state index is 0.0284. The number of pyridine rings is 1. The molecule has 2 unspecified atom stereocenters. The smallest absolute Gasteiger partial charge is 0.313 e. The highest BCUT2D eigenvalue weighted by Gasteiger charge is 2.71. The zero-order valence-electron chi connectivity index (χ0n) is 30.2. The molecule has 4 saturated carbocycles. The Hall–Kier alpha value is -3.26. The predicted octanol–water partition coefficient (Wildman–Crippen LogP) is 9.77. The number of hydrogen-bond donors (Lipinski definition) is 0. The number of rotatable bonds is 4. The van der Waals surface area contributed by atoms with Crippen molar-refractivity contribution in [2.75, 3.05) is 0 Å². The average Bonchev–Trinajstić information content (AvgIpc) is 3.06. The molecular weight excluding hydrogens is 592 g/mol. The summed E-state index contributed by atoms with van der Waals surface area (Å²) in [4.78, 5) is 32.9. The number of aromatic nitrogens is 1. The third-order valence-electron chi connectivity index (χ3n) is 15.2. The maximum atomic E-state index is 14.6. The highest BCUT2D eigenvalue weighted by atomic mass is 16.5. The van der Waals surface area contributed by atoms with Gasteiger partial charge in [-0.3, -0.25) is 14.6 Å². The van der Waals surface area contributed by atoms with E-state index in [-0.39, 0.29) is 45.2 Å². The van der Waals surface area contributed by atoms with E-state index >= 15 is 0 Å². The first-order chi connectivity index (χ1) is 22.6. The van der Waals surface area contributed by atoms with Gasteiger partial charge in [0.05, 0.1) is 11.5 Å². The molecule has 2 aromatic rings. The van der Waals surface area contributed by atoms with Gasteiger partial charge in [0.25, 0.3) is 0 Å². The van der Waals surface area contributed by atoms with Crippen molar-refractivity contribution in [3.63, 3.8) is 0 Å². The Morgan fingerprint density at radius 3 is 2.33 bits per heavy atom. The molecule has 0 bridgehead atoms. The normalized spacial score (nSPS) is 39.6. The van der Waals surface area contributed by atoms with Gasteiger partial charge in [0.2, 0.25) is 0 Å². The highest BCUT2D eigenvalue weighted by molar-refractivity contribution is 5.90. The van der Waals surface area contributed by atoms with Gasteiger partial charge in [-0.1, -0.05) is 90.4 Å². The molecule has 0 aliphatic heterocycles. The Kier molecular flexibility index (Phi) is 7.71. The number of ether oxygens (including phenoxy) is 1. The van der Waals surface area contributed by atoms with Crippen molar-refractivity contribution >= 4 is 17.3 Å². The summed E-state index contributed by atoms with van der Waals surface area (Å²) in [5.74, 6) is 0.135. The lowest BCUT2D eigenvalue weighted by Gasteiger charge is -2.71. The van der Waals surface area contributed by atoms with E-state index in [0.717, 1.165) is 62.5 Å². The molecule has 4 fully saturated rings. The molecule has 0 radical (unpaired) electrons. The van der Waals surface area contributed by atoms with Gasteiger partial charge in [0.1, 0.15) is 12.5 Å². The molecule has 8 atom stereocenters. The summed E-state index contributed by atoms with van der Waals surface area (Å²) < 4.78 is 6.29. The topological polar surface area (TPSA) is 80.0 Å². The Labute approximate surface area is 287 Å². The van der Waals surface area contributed by atoms with Crippen molar-refractivity contribution in [1.82, 2.24) is 4.98 Å². The Bertz CT molecular complexity index is 1690. The zero-order chi connectivity index (χ0) is 34.3. The van der Waals surface area contributed by atoms with Crippen LogP contribution in [0.2, 0.25) is 0 Å². The second-order valence-electron chi connectivity index (χ2n) is 18.3. The zero-order valence-corrected chi connectivity index (χ0v) is 30.2. The van der Waals surface area contributed by atoms with Crippen LogP contribution in [-0.2, 0) is 20.9 Å². The monoisotopic (exact) mass is 646 g/mol. The maximum absolute atomic E-state index is 14.6. The molecule has 0 spiro atoms. The largest absolute Gasteiger partial charge is 0.460 e. The number of carbonyl (C=O) groups is 2. The van der Waals surface area contributed by atoms with Gasteiger partial charge < -0.3 is 4.74 Å². The lowest BCUT2D eigenvalue weighted by molar-refractivity contribution is -0.193. The van der Waals surface area contributed by atoms with Gasteiger partial charge in [-0.15, -0.1) is 0 Å². The Morgan fingerprint density at radius 2 is 1.65 bits per heavy atom. The first-order valence-electron chi connectivity index (χ1n) is 18.4. The van der Waals surface area contributed by atoms with Crippen LogP contribution in [0.1, 0.15) is 117 Å². The summed E-state index contributed by atoms with van der Waals surface area (Å²) >= 11 is 0. The number of carbonyl (C=O) groups excluding carboxylic acids is 2. The van der Waals surface area contributed by atoms with Crippen molar-refractivity contribution < 1.29 is 14.3 Å². The summed E-state index contributed by atoms with van der Waals surface area (Å²) in [5.41, 5.74) is 3.68. The molecule has 48 heavy (non-hydrogen) atoms. The molecule has 5 aliphatic carbocycles. The number of hydrogen-bond acceptors (Lipinski definition) is 5. The number of allylic oxidation sites excluding steroid dienone is 2. The predicted molar refractivity (Wildman–Crippen MR) is 188 cm³/mol. The van der Waals surface area contributed by atoms with E-state index in [1.807, 2.05) is 48.8 Å². The quantitative estimate of drug-likeness (QED) is 0.309. The molecule has 0 amide bonds. The Balaban J connectivity index is 1.40. The molecule has 5 aliphatic rings. The second kappa shape index (κ2) is 11.1. The molecule has 5 heteroatoms. The lowest BCUT2D eigenvalue weighted by atomic mass is 9.32. The van der Waals surface area contributed by atoms with Gasteiger partial charge >= 0.3 is 5.97 Å². The number of Topliss-reactive ketones (excluding diaryl/α,β-unsaturated/α-hetero) is 1. The molecule has 1 aromatic carbocycles. The number of nitriles is 1. The second-order valence-corrected chi connectivity index (χ2v) is 18.3. The number of benzene rings is 1. The van der Waals surface area contributed by atoms with Gasteiger partial charge in [-0.2, -0.15) is 5.26 Å². The molecule has 1 heterocycles. The minimum Gasteiger partial charge on any atom is -0.460 e. The summed E-state index contributed by atoms with van der Waals surface area (Å²) in [6, 6.07) is 16.8. The van der Waals surface area contributed by atoms with E-state index in [1.165, 1.54) is 11.1 Å². The van der Waals surface area contributed by atoms with E-state index in [2.05, 4.69) is 65.6 Å². The fraction of sp³-hybridized carbons (Fsp3) is 0.628. The van der Waals surface area contributed by atoms with Crippen LogP contribution in [0, 0.1) is 67.5 Å². The molecule has 1 aromatic heterocycles. The highest BCUT2D eigenvalue weighted by Crippen LogP contribution is 2.77. The third-order valence-corrected chi connectivity index (χ3v) is 15.2. The van der Waals surface area contributed by atoms with E-state index in [1.54, 1.807) is 0 Å². The van der Waals surface area contributed by atoms with Crippen LogP contribution in [0.25, 0.3) is 5.57 Å². The first-order valence-corrected chi connectivity index (χ1v) is 18.4. The number of fused-ring (bicyclic) bond motifs is 7. The molecule has 0 saturated heterocycles. The molecule has 0 N–H and O–H groups in total. The van der Waals surface area contributed by atoms with Gasteiger partial charge in [-0.05, 0) is 120 Å². The van der Waals surface area contributed by atoms with Crippen LogP contribution in [0.5, 0.6) is 0 Å². The number of esters is 1. The van der Waals surface area contributed by atoms with Crippen molar-refractivity contribution in [3.05, 3.63) is 71.6 Å². The summed E-state index contributed by atoms with van der Waals surface area (Å²) in [5, 5.41) is 10.3. The minimum atomic E-state index is -0.568. The van der Waals surface area contributed by atoms with E-state index < -0.39 is 16.7 Å². The van der Waals surface area contributed by atoms with Crippen LogP contribution in [0.15, 0.2) is 60.4 Å². The lowest BCUT2D eigenvalue weighted by Crippen LogP contribution is -2.66. The fourth-order valence-electron chi connectivity index (χ4n) is 12.5. The molecule has 254 valence electrons.